The zero-order chi connectivity index (χ0) is 13.5. The molecule has 0 spiro atoms. The van der Waals surface area contributed by atoms with E-state index in [1.165, 1.54) is 12.1 Å². The van der Waals surface area contributed by atoms with Crippen LogP contribution in [0.1, 0.15) is 31.4 Å². The second-order valence-corrected chi connectivity index (χ2v) is 3.82. The molecule has 0 fully saturated rings. The molecular formula is C15H17FO2. The third-order valence-corrected chi connectivity index (χ3v) is 2.41. The first kappa shape index (κ1) is 14.2. The Balaban J connectivity index is 2.96. The summed E-state index contributed by atoms with van der Waals surface area (Å²) in [6.45, 7) is 7.78. The lowest BCUT2D eigenvalue weighted by Crippen LogP contribution is -2.05. The lowest BCUT2D eigenvalue weighted by atomic mass is 9.98. The summed E-state index contributed by atoms with van der Waals surface area (Å²) in [6, 6.07) is 4.44. The number of allylic oxidation sites excluding steroid dienone is 1. The van der Waals surface area contributed by atoms with E-state index in [-0.39, 0.29) is 18.2 Å². The van der Waals surface area contributed by atoms with Gasteiger partial charge in [0.25, 0.3) is 0 Å². The maximum atomic E-state index is 13.3. The van der Waals surface area contributed by atoms with Gasteiger partial charge in [-0.3, -0.25) is 4.79 Å². The summed E-state index contributed by atoms with van der Waals surface area (Å²) in [5.41, 5.74) is 2.04. The first-order valence-corrected chi connectivity index (χ1v) is 5.84. The van der Waals surface area contributed by atoms with Gasteiger partial charge in [0.15, 0.2) is 0 Å². The lowest BCUT2D eigenvalue weighted by Gasteiger charge is -2.09. The van der Waals surface area contributed by atoms with E-state index in [1.54, 1.807) is 13.0 Å². The average molecular weight is 248 g/mol. The molecule has 18 heavy (non-hydrogen) atoms. The summed E-state index contributed by atoms with van der Waals surface area (Å²) in [5.74, 6) is -0.693. The minimum atomic E-state index is -0.349. The Morgan fingerprint density at radius 2 is 2.22 bits per heavy atom. The van der Waals surface area contributed by atoms with Crippen LogP contribution in [0.2, 0.25) is 0 Å². The second-order valence-electron chi connectivity index (χ2n) is 3.82. The van der Waals surface area contributed by atoms with Gasteiger partial charge in [-0.05, 0) is 42.7 Å². The smallest absolute Gasteiger partial charge is 0.310 e. The van der Waals surface area contributed by atoms with Crippen molar-refractivity contribution in [3.05, 3.63) is 47.8 Å². The highest BCUT2D eigenvalue weighted by Crippen LogP contribution is 2.23. The third-order valence-electron chi connectivity index (χ3n) is 2.41. The van der Waals surface area contributed by atoms with E-state index in [2.05, 4.69) is 6.58 Å². The fraction of sp³-hybridized carbons (Fsp3) is 0.267. The summed E-state index contributed by atoms with van der Waals surface area (Å²) >= 11 is 0. The fourth-order valence-electron chi connectivity index (χ4n) is 1.64. The Morgan fingerprint density at radius 1 is 1.50 bits per heavy atom. The maximum Gasteiger partial charge on any atom is 0.310 e. The second kappa shape index (κ2) is 6.74. The predicted octanol–water partition coefficient (Wildman–Crippen LogP) is 3.83. The zero-order valence-corrected chi connectivity index (χ0v) is 10.7. The van der Waals surface area contributed by atoms with E-state index in [0.717, 1.165) is 5.56 Å². The fourth-order valence-corrected chi connectivity index (χ4v) is 1.64. The number of hydrogen-bond donors (Lipinski definition) is 0. The van der Waals surface area contributed by atoms with Crippen LogP contribution in [0.25, 0.3) is 11.6 Å². The number of halogens is 1. The number of ether oxygens (including phenoxy) is 1. The van der Waals surface area contributed by atoms with Gasteiger partial charge < -0.3 is 4.74 Å². The van der Waals surface area contributed by atoms with Crippen molar-refractivity contribution in [2.24, 2.45) is 0 Å². The molecule has 0 amide bonds. The van der Waals surface area contributed by atoms with Crippen molar-refractivity contribution in [3.8, 4) is 0 Å². The van der Waals surface area contributed by atoms with Crippen molar-refractivity contribution in [1.82, 2.24) is 0 Å². The quantitative estimate of drug-likeness (QED) is 0.740. The van der Waals surface area contributed by atoms with Crippen LogP contribution in [-0.4, -0.2) is 12.6 Å². The maximum absolute atomic E-state index is 13.3. The van der Waals surface area contributed by atoms with E-state index in [9.17, 15) is 9.18 Å². The Kier molecular flexibility index (Phi) is 5.31. The van der Waals surface area contributed by atoms with Crippen molar-refractivity contribution in [3.63, 3.8) is 0 Å². The number of hydrogen-bond acceptors (Lipinski definition) is 2. The van der Waals surface area contributed by atoms with Gasteiger partial charge in [-0.1, -0.05) is 24.8 Å². The molecule has 2 nitrogen and oxygen atoms in total. The number of esters is 1. The van der Waals surface area contributed by atoms with Crippen molar-refractivity contribution >= 4 is 17.6 Å². The molecule has 0 atom stereocenters. The highest BCUT2D eigenvalue weighted by molar-refractivity contribution is 5.86. The normalized spacial score (nSPS) is 10.6. The molecule has 0 saturated heterocycles. The van der Waals surface area contributed by atoms with Crippen molar-refractivity contribution in [1.29, 1.82) is 0 Å². The van der Waals surface area contributed by atoms with E-state index in [4.69, 9.17) is 4.74 Å². The average Bonchev–Trinajstić information content (AvgIpc) is 2.32. The highest BCUT2D eigenvalue weighted by atomic mass is 19.1. The molecule has 96 valence electrons. The molecular weight excluding hydrogens is 231 g/mol. The summed E-state index contributed by atoms with van der Waals surface area (Å²) in [7, 11) is 0. The van der Waals surface area contributed by atoms with Crippen LogP contribution in [0.4, 0.5) is 4.39 Å². The highest BCUT2D eigenvalue weighted by Gasteiger charge is 2.10. The molecule has 1 aromatic rings. The SMILES string of the molecule is C=C(CC(=O)OCC)c1cc(F)ccc1/C=C\C. The molecule has 0 unspecified atom stereocenters. The molecule has 0 N–H and O–H groups in total. The van der Waals surface area contributed by atoms with E-state index < -0.39 is 0 Å². The van der Waals surface area contributed by atoms with Gasteiger partial charge in [0.2, 0.25) is 0 Å². The van der Waals surface area contributed by atoms with Gasteiger partial charge in [-0.15, -0.1) is 0 Å². The van der Waals surface area contributed by atoms with Crippen LogP contribution in [0.3, 0.4) is 0 Å². The summed E-state index contributed by atoms with van der Waals surface area (Å²) in [6.07, 6.45) is 3.78. The number of carbonyl (C=O) groups excluding carboxylic acids is 1. The Hall–Kier alpha value is -1.90. The minimum absolute atomic E-state index is 0.0713. The van der Waals surface area contributed by atoms with Gasteiger partial charge in [0, 0.05) is 0 Å². The van der Waals surface area contributed by atoms with Crippen LogP contribution >= 0.6 is 0 Å². The van der Waals surface area contributed by atoms with Gasteiger partial charge in [0.05, 0.1) is 13.0 Å². The van der Waals surface area contributed by atoms with E-state index in [1.807, 2.05) is 19.1 Å². The van der Waals surface area contributed by atoms with Crippen LogP contribution < -0.4 is 0 Å². The molecule has 0 heterocycles. The molecule has 0 aliphatic rings. The Morgan fingerprint density at radius 3 is 2.83 bits per heavy atom. The topological polar surface area (TPSA) is 26.3 Å². The molecule has 0 aliphatic carbocycles. The van der Waals surface area contributed by atoms with E-state index >= 15 is 0 Å². The molecule has 1 aromatic carbocycles. The number of benzene rings is 1. The molecule has 0 aliphatic heterocycles. The van der Waals surface area contributed by atoms with E-state index in [0.29, 0.717) is 17.7 Å². The predicted molar refractivity (Wildman–Crippen MR) is 71.4 cm³/mol. The van der Waals surface area contributed by atoms with Gasteiger partial charge in [0.1, 0.15) is 5.82 Å². The zero-order valence-electron chi connectivity index (χ0n) is 10.7. The molecule has 1 rings (SSSR count). The van der Waals surface area contributed by atoms with Crippen LogP contribution in [0.15, 0.2) is 30.9 Å². The first-order valence-electron chi connectivity index (χ1n) is 5.84. The third kappa shape index (κ3) is 3.84. The van der Waals surface area contributed by atoms with Gasteiger partial charge in [-0.25, -0.2) is 4.39 Å². The van der Waals surface area contributed by atoms with Crippen LogP contribution in [-0.2, 0) is 9.53 Å². The number of rotatable bonds is 5. The van der Waals surface area contributed by atoms with Crippen LogP contribution in [0.5, 0.6) is 0 Å². The standard InChI is InChI=1S/C15H17FO2/c1-4-6-12-7-8-13(16)10-14(12)11(3)9-15(17)18-5-2/h4,6-8,10H,3,5,9H2,1-2H3/b6-4-. The number of carbonyl (C=O) groups is 1. The molecule has 0 radical (unpaired) electrons. The molecule has 0 aromatic heterocycles. The van der Waals surface area contributed by atoms with Gasteiger partial charge >= 0.3 is 5.97 Å². The van der Waals surface area contributed by atoms with Crippen molar-refractivity contribution < 1.29 is 13.9 Å². The summed E-state index contributed by atoms with van der Waals surface area (Å²) < 4.78 is 18.1. The molecule has 0 saturated carbocycles. The largest absolute Gasteiger partial charge is 0.466 e. The summed E-state index contributed by atoms with van der Waals surface area (Å²) in [4.78, 5) is 11.4. The van der Waals surface area contributed by atoms with Crippen molar-refractivity contribution in [2.75, 3.05) is 6.61 Å². The molecule has 0 bridgehead atoms. The first-order chi connectivity index (χ1) is 8.58. The van der Waals surface area contributed by atoms with Gasteiger partial charge in [-0.2, -0.15) is 0 Å². The summed E-state index contributed by atoms with van der Waals surface area (Å²) in [5, 5.41) is 0. The Labute approximate surface area is 107 Å². The van der Waals surface area contributed by atoms with Crippen LogP contribution in [0, 0.1) is 5.82 Å². The molecule has 3 heteroatoms. The van der Waals surface area contributed by atoms with Crippen molar-refractivity contribution in [2.45, 2.75) is 20.3 Å². The lowest BCUT2D eigenvalue weighted by molar-refractivity contribution is -0.141. The monoisotopic (exact) mass is 248 g/mol. The Bertz CT molecular complexity index is 475. The minimum Gasteiger partial charge on any atom is -0.466 e.